The van der Waals surface area contributed by atoms with Gasteiger partial charge < -0.3 is 9.73 Å². The Labute approximate surface area is 119 Å². The minimum absolute atomic E-state index is 0.0789. The highest BCUT2D eigenvalue weighted by Crippen LogP contribution is 2.31. The number of nitriles is 1. The zero-order valence-electron chi connectivity index (χ0n) is 11.4. The SMILES string of the molecule is Cc1nc(CNc2ccc(C(F)(F)F)cc2C#N)oc1C. The van der Waals surface area contributed by atoms with Gasteiger partial charge in [0.05, 0.1) is 29.1 Å². The van der Waals surface area contributed by atoms with Crippen LogP contribution in [0.2, 0.25) is 0 Å². The predicted octanol–water partition coefficient (Wildman–Crippen LogP) is 3.79. The first-order valence-electron chi connectivity index (χ1n) is 6.09. The summed E-state index contributed by atoms with van der Waals surface area (Å²) in [6.45, 7) is 3.75. The molecule has 0 radical (unpaired) electrons. The molecule has 0 spiro atoms. The third-order valence-corrected chi connectivity index (χ3v) is 2.97. The summed E-state index contributed by atoms with van der Waals surface area (Å²) in [7, 11) is 0. The number of aromatic nitrogens is 1. The summed E-state index contributed by atoms with van der Waals surface area (Å²) in [5.74, 6) is 1.09. The molecule has 0 aliphatic carbocycles. The van der Waals surface area contributed by atoms with E-state index >= 15 is 0 Å². The summed E-state index contributed by atoms with van der Waals surface area (Å²) in [6, 6.07) is 4.71. The van der Waals surface area contributed by atoms with Gasteiger partial charge in [0.1, 0.15) is 11.8 Å². The number of benzene rings is 1. The maximum absolute atomic E-state index is 12.6. The molecule has 2 aromatic rings. The first-order chi connectivity index (χ1) is 9.81. The van der Waals surface area contributed by atoms with E-state index in [1.165, 1.54) is 6.07 Å². The highest BCUT2D eigenvalue weighted by atomic mass is 19.4. The zero-order valence-corrected chi connectivity index (χ0v) is 11.4. The van der Waals surface area contributed by atoms with Crippen molar-refractivity contribution in [3.05, 3.63) is 46.7 Å². The highest BCUT2D eigenvalue weighted by Gasteiger charge is 2.31. The molecule has 110 valence electrons. The minimum Gasteiger partial charge on any atom is -0.444 e. The van der Waals surface area contributed by atoms with E-state index < -0.39 is 11.7 Å². The van der Waals surface area contributed by atoms with Gasteiger partial charge in [-0.1, -0.05) is 0 Å². The molecule has 2 rings (SSSR count). The van der Waals surface area contributed by atoms with Crippen LogP contribution in [-0.4, -0.2) is 4.98 Å². The molecule has 0 saturated carbocycles. The Morgan fingerprint density at radius 2 is 2.05 bits per heavy atom. The van der Waals surface area contributed by atoms with Crippen LogP contribution >= 0.6 is 0 Å². The molecule has 0 amide bonds. The number of nitrogens with one attached hydrogen (secondary N) is 1. The molecule has 0 saturated heterocycles. The Hall–Kier alpha value is -2.49. The summed E-state index contributed by atoms with van der Waals surface area (Å²) < 4.78 is 43.1. The maximum atomic E-state index is 12.6. The molecule has 7 heteroatoms. The van der Waals surface area contributed by atoms with Crippen molar-refractivity contribution in [2.45, 2.75) is 26.6 Å². The molecule has 0 aliphatic rings. The molecule has 1 aromatic heterocycles. The first-order valence-corrected chi connectivity index (χ1v) is 6.09. The summed E-state index contributed by atoms with van der Waals surface area (Å²) >= 11 is 0. The Morgan fingerprint density at radius 3 is 2.57 bits per heavy atom. The Balaban J connectivity index is 2.19. The van der Waals surface area contributed by atoms with Crippen molar-refractivity contribution in [2.75, 3.05) is 5.32 Å². The number of nitrogens with zero attached hydrogens (tertiary/aromatic N) is 2. The van der Waals surface area contributed by atoms with Crippen molar-refractivity contribution < 1.29 is 17.6 Å². The molecule has 0 unspecified atom stereocenters. The fraction of sp³-hybridized carbons (Fsp3) is 0.286. The average Bonchev–Trinajstić information content (AvgIpc) is 2.74. The van der Waals surface area contributed by atoms with E-state index in [1.54, 1.807) is 19.9 Å². The van der Waals surface area contributed by atoms with Crippen molar-refractivity contribution >= 4 is 5.69 Å². The van der Waals surface area contributed by atoms with E-state index in [0.717, 1.165) is 17.8 Å². The van der Waals surface area contributed by atoms with Crippen LogP contribution in [0, 0.1) is 25.2 Å². The number of oxazole rings is 1. The van der Waals surface area contributed by atoms with Crippen molar-refractivity contribution in [3.63, 3.8) is 0 Å². The van der Waals surface area contributed by atoms with Crippen molar-refractivity contribution in [2.24, 2.45) is 0 Å². The molecule has 1 N–H and O–H groups in total. The normalized spacial score (nSPS) is 11.2. The average molecular weight is 295 g/mol. The number of hydrogen-bond acceptors (Lipinski definition) is 4. The van der Waals surface area contributed by atoms with Crippen LogP contribution in [0.15, 0.2) is 22.6 Å². The van der Waals surface area contributed by atoms with Gasteiger partial charge in [-0.15, -0.1) is 0 Å². The van der Waals surface area contributed by atoms with Gasteiger partial charge in [0.2, 0.25) is 5.89 Å². The molecule has 1 aromatic carbocycles. The molecule has 21 heavy (non-hydrogen) atoms. The van der Waals surface area contributed by atoms with Crippen LogP contribution in [0.25, 0.3) is 0 Å². The van der Waals surface area contributed by atoms with Gasteiger partial charge in [-0.25, -0.2) is 4.98 Å². The molecule has 1 heterocycles. The number of rotatable bonds is 3. The lowest BCUT2D eigenvalue weighted by atomic mass is 10.1. The number of hydrogen-bond donors (Lipinski definition) is 1. The second-order valence-electron chi connectivity index (χ2n) is 4.47. The van der Waals surface area contributed by atoms with Gasteiger partial charge in [0.25, 0.3) is 0 Å². The van der Waals surface area contributed by atoms with Gasteiger partial charge >= 0.3 is 6.18 Å². The lowest BCUT2D eigenvalue weighted by molar-refractivity contribution is -0.137. The maximum Gasteiger partial charge on any atom is 0.416 e. The highest BCUT2D eigenvalue weighted by molar-refractivity contribution is 5.58. The Morgan fingerprint density at radius 1 is 1.33 bits per heavy atom. The predicted molar refractivity (Wildman–Crippen MR) is 69.5 cm³/mol. The topological polar surface area (TPSA) is 61.9 Å². The van der Waals surface area contributed by atoms with E-state index in [9.17, 15) is 13.2 Å². The number of aryl methyl sites for hydroxylation is 2. The van der Waals surface area contributed by atoms with E-state index in [1.807, 2.05) is 0 Å². The second-order valence-corrected chi connectivity index (χ2v) is 4.47. The van der Waals surface area contributed by atoms with Crippen molar-refractivity contribution in [1.29, 1.82) is 5.26 Å². The van der Waals surface area contributed by atoms with Crippen LogP contribution in [0.1, 0.15) is 28.5 Å². The summed E-state index contributed by atoms with van der Waals surface area (Å²) in [4.78, 5) is 4.15. The van der Waals surface area contributed by atoms with Crippen LogP contribution in [0.3, 0.4) is 0 Å². The fourth-order valence-corrected chi connectivity index (χ4v) is 1.75. The quantitative estimate of drug-likeness (QED) is 0.935. The van der Waals surface area contributed by atoms with Crippen molar-refractivity contribution in [1.82, 2.24) is 4.98 Å². The molecular formula is C14H12F3N3O. The first kappa shape index (κ1) is 14.9. The lowest BCUT2D eigenvalue weighted by Gasteiger charge is -2.10. The fourth-order valence-electron chi connectivity index (χ4n) is 1.75. The van der Waals surface area contributed by atoms with Gasteiger partial charge in [-0.05, 0) is 32.0 Å². The van der Waals surface area contributed by atoms with E-state index in [4.69, 9.17) is 9.68 Å². The largest absolute Gasteiger partial charge is 0.444 e. The van der Waals surface area contributed by atoms with Gasteiger partial charge in [-0.2, -0.15) is 18.4 Å². The van der Waals surface area contributed by atoms with E-state index in [0.29, 0.717) is 17.3 Å². The summed E-state index contributed by atoms with van der Waals surface area (Å²) in [5.41, 5.74) is 0.121. The lowest BCUT2D eigenvalue weighted by Crippen LogP contribution is -2.07. The minimum atomic E-state index is -4.47. The smallest absolute Gasteiger partial charge is 0.416 e. The molecule has 0 fully saturated rings. The Bertz CT molecular complexity index is 679. The van der Waals surface area contributed by atoms with Crippen LogP contribution in [-0.2, 0) is 12.7 Å². The number of halogens is 3. The van der Waals surface area contributed by atoms with E-state index in [-0.39, 0.29) is 12.1 Å². The molecule has 0 bridgehead atoms. The molecule has 0 atom stereocenters. The Kier molecular flexibility index (Phi) is 3.89. The third-order valence-electron chi connectivity index (χ3n) is 2.97. The molecule has 4 nitrogen and oxygen atoms in total. The van der Waals surface area contributed by atoms with Crippen LogP contribution in [0.5, 0.6) is 0 Å². The molecule has 0 aliphatic heterocycles. The van der Waals surface area contributed by atoms with Gasteiger partial charge in [-0.3, -0.25) is 0 Å². The monoisotopic (exact) mass is 295 g/mol. The summed E-state index contributed by atoms with van der Waals surface area (Å²) in [5, 5.41) is 11.8. The molecular weight excluding hydrogens is 283 g/mol. The number of anilines is 1. The van der Waals surface area contributed by atoms with Crippen LogP contribution < -0.4 is 5.32 Å². The van der Waals surface area contributed by atoms with Crippen LogP contribution in [0.4, 0.5) is 18.9 Å². The zero-order chi connectivity index (χ0) is 15.6. The van der Waals surface area contributed by atoms with Crippen molar-refractivity contribution in [3.8, 4) is 6.07 Å². The standard InChI is InChI=1S/C14H12F3N3O/c1-8-9(2)21-13(20-8)7-19-12-4-3-11(14(15,16)17)5-10(12)6-18/h3-5,19H,7H2,1-2H3. The summed E-state index contributed by atoms with van der Waals surface area (Å²) in [6.07, 6.45) is -4.47. The van der Waals surface area contributed by atoms with Gasteiger partial charge in [0.15, 0.2) is 0 Å². The third kappa shape index (κ3) is 3.34. The second kappa shape index (κ2) is 5.48. The van der Waals surface area contributed by atoms with Gasteiger partial charge in [0, 0.05) is 0 Å². The van der Waals surface area contributed by atoms with E-state index in [2.05, 4.69) is 10.3 Å². The number of alkyl halides is 3.